The van der Waals surface area contributed by atoms with E-state index in [9.17, 15) is 0 Å². The van der Waals surface area contributed by atoms with Gasteiger partial charge in [0.2, 0.25) is 0 Å². The highest BCUT2D eigenvalue weighted by Crippen LogP contribution is 2.46. The lowest BCUT2D eigenvalue weighted by Crippen LogP contribution is -2.02. The zero-order chi connectivity index (χ0) is 78.0. The maximum absolute atomic E-state index is 5.36. The second-order valence-corrected chi connectivity index (χ2v) is 30.0. The number of fused-ring (bicyclic) bond motifs is 14. The highest BCUT2D eigenvalue weighted by atomic mass is 15.1. The van der Waals surface area contributed by atoms with Crippen molar-refractivity contribution in [2.75, 3.05) is 0 Å². The zero-order valence-corrected chi connectivity index (χ0v) is 64.1. The van der Waals surface area contributed by atoms with Crippen molar-refractivity contribution >= 4 is 87.2 Å². The van der Waals surface area contributed by atoms with Crippen LogP contribution in [-0.2, 0) is 0 Å². The first-order chi connectivity index (χ1) is 58.5. The van der Waals surface area contributed by atoms with Crippen LogP contribution in [0, 0.1) is 0 Å². The van der Waals surface area contributed by atoms with Gasteiger partial charge in [0.1, 0.15) is 5.82 Å². The van der Waals surface area contributed by atoms with Crippen LogP contribution in [0.4, 0.5) is 0 Å². The van der Waals surface area contributed by atoms with Gasteiger partial charge in [0.15, 0.2) is 11.6 Å². The topological polar surface area (TPSA) is 71.3 Å². The molecule has 0 aliphatic rings. The molecule has 17 aromatic carbocycles. The summed E-state index contributed by atoms with van der Waals surface area (Å²) >= 11 is 0. The van der Waals surface area contributed by atoms with E-state index in [0.717, 1.165) is 95.4 Å². The fourth-order valence-electron chi connectivity index (χ4n) is 17.6. The fraction of sp³-hybridized carbons (Fsp3) is 0. The van der Waals surface area contributed by atoms with Gasteiger partial charge in [-0.3, -0.25) is 4.57 Å². The average Bonchev–Trinajstić information content (AvgIpc) is 1.55. The first-order valence-corrected chi connectivity index (χ1v) is 40.1. The monoisotopic (exact) mass is 1500 g/mol. The molecule has 0 spiro atoms. The molecule has 0 unspecified atom stereocenters. The lowest BCUT2D eigenvalue weighted by Gasteiger charge is -2.14. The summed E-state index contributed by atoms with van der Waals surface area (Å²) in [6, 6.07) is 155. The standard InChI is InChI=1S/C58H38N4.C52H34N4/c1-4-15-39(16-5-1)41-27-29-43(30-28-41)52-38-51(42-19-8-3-9-20-42)59-58(60-52)44-31-33-46(34-32-44)62-53-25-12-10-23-48(53)49-35-36-55-56(57(49)62)50-24-11-13-26-54(50)61(55)47-22-14-21-45(37-47)40-17-6-2-7-18-40;1-5-17-35(18-6-1)39-31-40(36-19-7-2-8-20-36)33-41(32-39)55-47-28-16-14-26-44(47)50-48(55)30-29-43-42-25-13-15-27-46(42)56(51(43)50)49-34-45(37-21-9-3-10-22-37)53-52(54-49)38-23-11-4-12-24-38/h1-38H;1-34H. The number of hydrogen-bond acceptors (Lipinski definition) is 4. The van der Waals surface area contributed by atoms with Crippen LogP contribution in [0.15, 0.2) is 437 Å². The molecular formula is C110H72N8. The lowest BCUT2D eigenvalue weighted by atomic mass is 9.98. The van der Waals surface area contributed by atoms with Crippen molar-refractivity contribution in [1.29, 1.82) is 0 Å². The Balaban J connectivity index is 0.000000143. The fourth-order valence-corrected chi connectivity index (χ4v) is 17.6. The molecule has 0 aliphatic carbocycles. The molecule has 8 heteroatoms. The Kier molecular flexibility index (Phi) is 17.1. The second kappa shape index (κ2) is 29.3. The predicted octanol–water partition coefficient (Wildman–Crippen LogP) is 28.3. The van der Waals surface area contributed by atoms with Crippen molar-refractivity contribution < 1.29 is 0 Å². The van der Waals surface area contributed by atoms with E-state index in [2.05, 4.69) is 419 Å². The van der Waals surface area contributed by atoms with E-state index in [-0.39, 0.29) is 0 Å². The molecule has 0 bridgehead atoms. The predicted molar refractivity (Wildman–Crippen MR) is 490 cm³/mol. The van der Waals surface area contributed by atoms with Crippen LogP contribution >= 0.6 is 0 Å². The van der Waals surface area contributed by atoms with E-state index >= 15 is 0 Å². The Morgan fingerprint density at radius 2 is 0.475 bits per heavy atom. The SMILES string of the molecule is c1ccc(-c2cc(-c3ccccc3)cc(-n3c4ccccc4c4c3ccc3c5ccccc5n(-c5cc(-c6ccccc6)nc(-c6ccccc6)n5)c34)c2)cc1.c1ccc(-c2ccc(-c3cc(-c4ccccc4)nc(-c4ccc(-n5c6ccccc6c6ccc7c(c8ccccc8n7-c7cccc(-c8ccccc8)c7)c65)cc4)n3)cc2)cc1. The van der Waals surface area contributed by atoms with E-state index in [1.54, 1.807) is 0 Å². The van der Waals surface area contributed by atoms with Crippen LogP contribution in [0.5, 0.6) is 0 Å². The number of aromatic nitrogens is 8. The van der Waals surface area contributed by atoms with Gasteiger partial charge >= 0.3 is 0 Å². The molecular weight excluding hydrogens is 1430 g/mol. The number of nitrogens with zero attached hydrogens (tertiary/aromatic N) is 8. The molecule has 8 nitrogen and oxygen atoms in total. The molecule has 552 valence electrons. The van der Waals surface area contributed by atoms with Gasteiger partial charge in [-0.05, 0) is 142 Å². The highest BCUT2D eigenvalue weighted by molar-refractivity contribution is 6.28. The van der Waals surface area contributed by atoms with E-state index < -0.39 is 0 Å². The molecule has 23 rings (SSSR count). The molecule has 0 saturated heterocycles. The Labute approximate surface area is 681 Å². The Bertz CT molecular complexity index is 7610. The second-order valence-electron chi connectivity index (χ2n) is 30.0. The van der Waals surface area contributed by atoms with Crippen LogP contribution in [-0.4, -0.2) is 38.2 Å². The Morgan fingerprint density at radius 1 is 0.153 bits per heavy atom. The van der Waals surface area contributed by atoms with E-state index in [4.69, 9.17) is 19.9 Å². The van der Waals surface area contributed by atoms with Gasteiger partial charge in [-0.2, -0.15) is 0 Å². The number of rotatable bonds is 13. The third kappa shape index (κ3) is 12.2. The van der Waals surface area contributed by atoms with Crippen molar-refractivity contribution in [1.82, 2.24) is 38.2 Å². The minimum Gasteiger partial charge on any atom is -0.309 e. The molecule has 23 aromatic rings. The molecule has 0 radical (unpaired) electrons. The molecule has 0 amide bonds. The zero-order valence-electron chi connectivity index (χ0n) is 64.1. The van der Waals surface area contributed by atoms with Gasteiger partial charge in [-0.1, -0.05) is 334 Å². The van der Waals surface area contributed by atoms with E-state index in [0.29, 0.717) is 11.6 Å². The average molecular weight is 1510 g/mol. The molecule has 0 saturated carbocycles. The molecule has 6 heterocycles. The van der Waals surface area contributed by atoms with Crippen molar-refractivity contribution in [3.8, 4) is 124 Å². The summed E-state index contributed by atoms with van der Waals surface area (Å²) in [5, 5.41) is 9.61. The summed E-state index contributed by atoms with van der Waals surface area (Å²) in [7, 11) is 0. The van der Waals surface area contributed by atoms with Gasteiger partial charge in [0.05, 0.1) is 61.2 Å². The van der Waals surface area contributed by atoms with Crippen molar-refractivity contribution in [2.24, 2.45) is 0 Å². The Morgan fingerprint density at radius 3 is 0.966 bits per heavy atom. The van der Waals surface area contributed by atoms with Gasteiger partial charge < -0.3 is 13.7 Å². The lowest BCUT2D eigenvalue weighted by molar-refractivity contribution is 1.05. The third-order valence-corrected chi connectivity index (χ3v) is 23.1. The van der Waals surface area contributed by atoms with Crippen LogP contribution in [0.25, 0.3) is 211 Å². The summed E-state index contributed by atoms with van der Waals surface area (Å²) in [5.74, 6) is 2.20. The van der Waals surface area contributed by atoms with Gasteiger partial charge in [-0.25, -0.2) is 19.9 Å². The Hall–Kier alpha value is -15.9. The maximum atomic E-state index is 5.36. The summed E-state index contributed by atoms with van der Waals surface area (Å²) in [6.07, 6.45) is 0. The van der Waals surface area contributed by atoms with Crippen molar-refractivity contribution in [3.63, 3.8) is 0 Å². The first kappa shape index (κ1) is 68.9. The largest absolute Gasteiger partial charge is 0.309 e. The molecule has 0 N–H and O–H groups in total. The summed E-state index contributed by atoms with van der Waals surface area (Å²) in [4.78, 5) is 20.9. The minimum atomic E-state index is 0.686. The quantitative estimate of drug-likeness (QED) is 0.115. The van der Waals surface area contributed by atoms with Crippen molar-refractivity contribution in [2.45, 2.75) is 0 Å². The third-order valence-electron chi connectivity index (χ3n) is 23.1. The minimum absolute atomic E-state index is 0.686. The van der Waals surface area contributed by atoms with Crippen LogP contribution < -0.4 is 0 Å². The molecule has 0 atom stereocenters. The summed E-state index contributed by atoms with van der Waals surface area (Å²) in [6.45, 7) is 0. The van der Waals surface area contributed by atoms with Gasteiger partial charge in [0.25, 0.3) is 0 Å². The number of benzene rings is 17. The summed E-state index contributed by atoms with van der Waals surface area (Å²) in [5.41, 5.74) is 29.7. The van der Waals surface area contributed by atoms with Crippen LogP contribution in [0.2, 0.25) is 0 Å². The summed E-state index contributed by atoms with van der Waals surface area (Å²) < 4.78 is 9.66. The maximum Gasteiger partial charge on any atom is 0.162 e. The van der Waals surface area contributed by atoms with Crippen LogP contribution in [0.3, 0.4) is 0 Å². The highest BCUT2D eigenvalue weighted by Gasteiger charge is 2.26. The van der Waals surface area contributed by atoms with Gasteiger partial charge in [-0.15, -0.1) is 0 Å². The van der Waals surface area contributed by atoms with E-state index in [1.807, 2.05) is 36.4 Å². The number of hydrogen-bond donors (Lipinski definition) is 0. The molecule has 6 aromatic heterocycles. The first-order valence-electron chi connectivity index (χ1n) is 40.1. The number of para-hydroxylation sites is 4. The molecule has 118 heavy (non-hydrogen) atoms. The normalized spacial score (nSPS) is 11.6. The van der Waals surface area contributed by atoms with Gasteiger partial charge in [0, 0.05) is 94.0 Å². The molecule has 0 fully saturated rings. The van der Waals surface area contributed by atoms with E-state index in [1.165, 1.54) is 104 Å². The van der Waals surface area contributed by atoms with Crippen molar-refractivity contribution in [3.05, 3.63) is 437 Å². The smallest absolute Gasteiger partial charge is 0.162 e. The molecule has 0 aliphatic heterocycles. The van der Waals surface area contributed by atoms with Crippen LogP contribution in [0.1, 0.15) is 0 Å².